The number of piperidine rings is 1. The molecule has 1 fully saturated rings. The molecule has 2 aromatic rings. The summed E-state index contributed by atoms with van der Waals surface area (Å²) in [6.45, 7) is 4.75. The van der Waals surface area contributed by atoms with Crippen LogP contribution in [-0.2, 0) is 14.8 Å². The van der Waals surface area contributed by atoms with Crippen molar-refractivity contribution >= 4 is 22.0 Å². The van der Waals surface area contributed by atoms with E-state index in [0.717, 1.165) is 24.0 Å². The minimum Gasteiger partial charge on any atom is -0.388 e. The van der Waals surface area contributed by atoms with Gasteiger partial charge in [0.25, 0.3) is 0 Å². The fourth-order valence-corrected chi connectivity index (χ4v) is 5.02. The Morgan fingerprint density at radius 1 is 1.06 bits per heavy atom. The monoisotopic (exact) mass is 442 g/mol. The summed E-state index contributed by atoms with van der Waals surface area (Å²) in [5.41, 5.74) is 1.67. The molecule has 0 radical (unpaired) electrons. The van der Waals surface area contributed by atoms with Gasteiger partial charge in [-0.3, -0.25) is 4.79 Å². The maximum Gasteiger partial charge on any atom is 0.246 e. The predicted octanol–water partition coefficient (Wildman–Crippen LogP) is 3.36. The van der Waals surface area contributed by atoms with Crippen molar-refractivity contribution in [2.24, 2.45) is 5.92 Å². The van der Waals surface area contributed by atoms with Crippen molar-refractivity contribution in [2.45, 2.75) is 43.7 Å². The third kappa shape index (κ3) is 6.26. The zero-order chi connectivity index (χ0) is 22.4. The van der Waals surface area contributed by atoms with Gasteiger partial charge in [-0.25, -0.2) is 13.1 Å². The molecule has 31 heavy (non-hydrogen) atoms. The van der Waals surface area contributed by atoms with Crippen LogP contribution in [0.5, 0.6) is 0 Å². The van der Waals surface area contributed by atoms with Gasteiger partial charge in [0, 0.05) is 25.2 Å². The first-order valence-electron chi connectivity index (χ1n) is 10.6. The molecule has 1 unspecified atom stereocenters. The average molecular weight is 443 g/mol. The maximum atomic E-state index is 12.5. The lowest BCUT2D eigenvalue weighted by Crippen LogP contribution is -2.38. The maximum absolute atomic E-state index is 12.5. The number of aliphatic hydroxyl groups is 1. The quantitative estimate of drug-likeness (QED) is 0.644. The Kier molecular flexibility index (Phi) is 7.64. The SMILES string of the molecule is CC(C)NS(=O)(=O)c1ccc(/C=C/C(=O)N2CCC(C(O)c3ccccc3)CC2)cc1. The summed E-state index contributed by atoms with van der Waals surface area (Å²) in [5, 5.41) is 10.6. The van der Waals surface area contributed by atoms with Crippen LogP contribution in [0, 0.1) is 5.92 Å². The van der Waals surface area contributed by atoms with Gasteiger partial charge in [-0.15, -0.1) is 0 Å². The van der Waals surface area contributed by atoms with E-state index in [4.69, 9.17) is 0 Å². The highest BCUT2D eigenvalue weighted by atomic mass is 32.2. The van der Waals surface area contributed by atoms with E-state index in [1.165, 1.54) is 18.2 Å². The molecule has 1 atom stereocenters. The van der Waals surface area contributed by atoms with E-state index in [1.807, 2.05) is 30.3 Å². The predicted molar refractivity (Wildman–Crippen MR) is 122 cm³/mol. The lowest BCUT2D eigenvalue weighted by molar-refractivity contribution is -0.127. The molecule has 0 aliphatic carbocycles. The molecule has 1 aliphatic rings. The first kappa shape index (κ1) is 23.2. The fraction of sp³-hybridized carbons (Fsp3) is 0.375. The summed E-state index contributed by atoms with van der Waals surface area (Å²) in [6.07, 6.45) is 4.22. The second-order valence-electron chi connectivity index (χ2n) is 8.20. The van der Waals surface area contributed by atoms with E-state index in [-0.39, 0.29) is 22.8 Å². The number of carbonyl (C=O) groups is 1. The molecule has 0 aromatic heterocycles. The normalized spacial score (nSPS) is 16.7. The summed E-state index contributed by atoms with van der Waals surface area (Å²) in [4.78, 5) is 14.5. The van der Waals surface area contributed by atoms with Crippen molar-refractivity contribution in [2.75, 3.05) is 13.1 Å². The van der Waals surface area contributed by atoms with Gasteiger partial charge >= 0.3 is 0 Å². The molecule has 0 spiro atoms. The highest BCUT2D eigenvalue weighted by Gasteiger charge is 2.27. The molecule has 1 saturated heterocycles. The molecule has 6 nitrogen and oxygen atoms in total. The number of amides is 1. The Labute approximate surface area is 184 Å². The van der Waals surface area contributed by atoms with Gasteiger partial charge in [0.1, 0.15) is 0 Å². The van der Waals surface area contributed by atoms with Crippen molar-refractivity contribution in [1.29, 1.82) is 0 Å². The molecule has 0 saturated carbocycles. The average Bonchev–Trinajstić information content (AvgIpc) is 2.77. The van der Waals surface area contributed by atoms with E-state index >= 15 is 0 Å². The third-order valence-electron chi connectivity index (χ3n) is 5.44. The number of aliphatic hydroxyl groups excluding tert-OH is 1. The number of hydrogen-bond acceptors (Lipinski definition) is 4. The minimum absolute atomic E-state index is 0.0779. The molecule has 166 valence electrons. The first-order valence-corrected chi connectivity index (χ1v) is 12.1. The van der Waals surface area contributed by atoms with Crippen LogP contribution >= 0.6 is 0 Å². The van der Waals surface area contributed by atoms with Gasteiger partial charge in [-0.2, -0.15) is 0 Å². The zero-order valence-electron chi connectivity index (χ0n) is 17.9. The molecule has 3 rings (SSSR count). The van der Waals surface area contributed by atoms with Gasteiger partial charge in [0.15, 0.2) is 0 Å². The van der Waals surface area contributed by atoms with Gasteiger partial charge in [0.2, 0.25) is 15.9 Å². The van der Waals surface area contributed by atoms with Crippen LogP contribution in [0.25, 0.3) is 6.08 Å². The number of nitrogens with one attached hydrogen (secondary N) is 1. The van der Waals surface area contributed by atoms with Crippen molar-refractivity contribution in [3.05, 3.63) is 71.8 Å². The fourth-order valence-electron chi connectivity index (χ4n) is 3.77. The van der Waals surface area contributed by atoms with E-state index < -0.39 is 16.1 Å². The lowest BCUT2D eigenvalue weighted by Gasteiger charge is -2.33. The van der Waals surface area contributed by atoms with Crippen molar-refractivity contribution in [3.63, 3.8) is 0 Å². The highest BCUT2D eigenvalue weighted by Crippen LogP contribution is 2.30. The van der Waals surface area contributed by atoms with Crippen molar-refractivity contribution < 1.29 is 18.3 Å². The van der Waals surface area contributed by atoms with Crippen molar-refractivity contribution in [1.82, 2.24) is 9.62 Å². The molecular formula is C24H30N2O4S. The van der Waals surface area contributed by atoms with Crippen molar-refractivity contribution in [3.8, 4) is 0 Å². The Bertz CT molecular complexity index is 994. The van der Waals surface area contributed by atoms with Crippen LogP contribution in [0.3, 0.4) is 0 Å². The Morgan fingerprint density at radius 3 is 2.26 bits per heavy atom. The summed E-state index contributed by atoms with van der Waals surface area (Å²) in [7, 11) is -3.53. The largest absolute Gasteiger partial charge is 0.388 e. The first-order chi connectivity index (χ1) is 14.8. The third-order valence-corrected chi connectivity index (χ3v) is 7.11. The van der Waals surface area contributed by atoms with Crippen LogP contribution in [0.1, 0.15) is 43.9 Å². The van der Waals surface area contributed by atoms with Crippen LogP contribution in [0.15, 0.2) is 65.6 Å². The zero-order valence-corrected chi connectivity index (χ0v) is 18.8. The molecule has 1 heterocycles. The van der Waals surface area contributed by atoms with Gasteiger partial charge < -0.3 is 10.0 Å². The summed E-state index contributed by atoms with van der Waals surface area (Å²) in [5.74, 6) is 0.0650. The standard InChI is InChI=1S/C24H30N2O4S/c1-18(2)25-31(29,30)22-11-8-19(9-12-22)10-13-23(27)26-16-14-21(15-17-26)24(28)20-6-4-3-5-7-20/h3-13,18,21,24-25,28H,14-17H2,1-2H3/b13-10+. The molecule has 2 aromatic carbocycles. The lowest BCUT2D eigenvalue weighted by atomic mass is 9.87. The Morgan fingerprint density at radius 2 is 1.68 bits per heavy atom. The molecule has 0 bridgehead atoms. The number of carbonyl (C=O) groups excluding carboxylic acids is 1. The number of sulfonamides is 1. The number of likely N-dealkylation sites (tertiary alicyclic amines) is 1. The van der Waals surface area contributed by atoms with Gasteiger partial charge in [0.05, 0.1) is 11.0 Å². The van der Waals surface area contributed by atoms with E-state index in [2.05, 4.69) is 4.72 Å². The molecule has 7 heteroatoms. The Balaban J connectivity index is 1.54. The van der Waals surface area contributed by atoms with Crippen LogP contribution in [0.2, 0.25) is 0 Å². The molecular weight excluding hydrogens is 412 g/mol. The number of rotatable bonds is 7. The minimum atomic E-state index is -3.53. The molecule has 2 N–H and O–H groups in total. The van der Waals surface area contributed by atoms with Gasteiger partial charge in [-0.1, -0.05) is 42.5 Å². The van der Waals surface area contributed by atoms with E-state index in [1.54, 1.807) is 37.0 Å². The second-order valence-corrected chi connectivity index (χ2v) is 9.91. The van der Waals surface area contributed by atoms with Crippen LogP contribution in [-0.4, -0.2) is 43.5 Å². The second kappa shape index (κ2) is 10.2. The topological polar surface area (TPSA) is 86.7 Å². The summed E-state index contributed by atoms with van der Waals surface area (Å²) in [6, 6.07) is 15.9. The number of benzene rings is 2. The highest BCUT2D eigenvalue weighted by molar-refractivity contribution is 7.89. The van der Waals surface area contributed by atoms with E-state index in [9.17, 15) is 18.3 Å². The van der Waals surface area contributed by atoms with Crippen LogP contribution < -0.4 is 4.72 Å². The Hall–Kier alpha value is -2.48. The molecule has 1 aliphatic heterocycles. The molecule has 1 amide bonds. The van der Waals surface area contributed by atoms with Crippen LogP contribution in [0.4, 0.5) is 0 Å². The van der Waals surface area contributed by atoms with Gasteiger partial charge in [-0.05, 0) is 61.9 Å². The summed E-state index contributed by atoms with van der Waals surface area (Å²) >= 11 is 0. The smallest absolute Gasteiger partial charge is 0.246 e. The van der Waals surface area contributed by atoms with E-state index in [0.29, 0.717) is 13.1 Å². The summed E-state index contributed by atoms with van der Waals surface area (Å²) < 4.78 is 26.9. The number of hydrogen-bond donors (Lipinski definition) is 2. The number of nitrogens with zero attached hydrogens (tertiary/aromatic N) is 1.